The van der Waals surface area contributed by atoms with Crippen molar-refractivity contribution in [2.24, 2.45) is 0 Å². The third-order valence-corrected chi connectivity index (χ3v) is 4.19. The molecule has 2 heterocycles. The zero-order valence-corrected chi connectivity index (χ0v) is 12.2. The Labute approximate surface area is 124 Å². The van der Waals surface area contributed by atoms with Gasteiger partial charge in [-0.25, -0.2) is 0 Å². The SMILES string of the molecule is Cc1ccccc1NC(=O)C1(n2cccn2)CCNCC1. The molecule has 1 aromatic carbocycles. The molecule has 110 valence electrons. The Kier molecular flexibility index (Phi) is 3.75. The molecule has 1 aliphatic rings. The summed E-state index contributed by atoms with van der Waals surface area (Å²) in [6.07, 6.45) is 5.09. The molecule has 3 rings (SSSR count). The summed E-state index contributed by atoms with van der Waals surface area (Å²) < 4.78 is 1.81. The quantitative estimate of drug-likeness (QED) is 0.905. The molecule has 1 amide bonds. The number of benzene rings is 1. The van der Waals surface area contributed by atoms with Crippen molar-refractivity contribution < 1.29 is 4.79 Å². The lowest BCUT2D eigenvalue weighted by Crippen LogP contribution is -2.52. The highest BCUT2D eigenvalue weighted by molar-refractivity contribution is 5.97. The summed E-state index contributed by atoms with van der Waals surface area (Å²) in [6, 6.07) is 9.71. The zero-order chi connectivity index (χ0) is 14.7. The van der Waals surface area contributed by atoms with Gasteiger partial charge >= 0.3 is 0 Å². The highest BCUT2D eigenvalue weighted by Crippen LogP contribution is 2.29. The van der Waals surface area contributed by atoms with Crippen molar-refractivity contribution in [1.29, 1.82) is 0 Å². The smallest absolute Gasteiger partial charge is 0.252 e. The Morgan fingerprint density at radius 1 is 1.29 bits per heavy atom. The van der Waals surface area contributed by atoms with E-state index >= 15 is 0 Å². The van der Waals surface area contributed by atoms with E-state index in [0.717, 1.165) is 37.2 Å². The molecule has 0 atom stereocenters. The van der Waals surface area contributed by atoms with E-state index in [9.17, 15) is 4.79 Å². The van der Waals surface area contributed by atoms with Crippen molar-refractivity contribution in [3.8, 4) is 0 Å². The van der Waals surface area contributed by atoms with Gasteiger partial charge in [0.2, 0.25) is 0 Å². The van der Waals surface area contributed by atoms with Gasteiger partial charge in [-0.2, -0.15) is 5.10 Å². The highest BCUT2D eigenvalue weighted by Gasteiger charge is 2.42. The maximum absolute atomic E-state index is 12.9. The average molecular weight is 284 g/mol. The van der Waals surface area contributed by atoms with Crippen molar-refractivity contribution in [2.45, 2.75) is 25.3 Å². The fourth-order valence-corrected chi connectivity index (χ4v) is 2.87. The zero-order valence-electron chi connectivity index (χ0n) is 12.2. The molecule has 2 N–H and O–H groups in total. The van der Waals surface area contributed by atoms with Crippen LogP contribution in [0.25, 0.3) is 0 Å². The van der Waals surface area contributed by atoms with Crippen LogP contribution in [0, 0.1) is 6.92 Å². The van der Waals surface area contributed by atoms with Crippen LogP contribution < -0.4 is 10.6 Å². The van der Waals surface area contributed by atoms with Crippen LogP contribution in [-0.2, 0) is 10.3 Å². The number of para-hydroxylation sites is 1. The first-order valence-corrected chi connectivity index (χ1v) is 7.30. The summed E-state index contributed by atoms with van der Waals surface area (Å²) in [5.41, 5.74) is 1.33. The van der Waals surface area contributed by atoms with Crippen molar-refractivity contribution >= 4 is 11.6 Å². The number of carbonyl (C=O) groups excluding carboxylic acids is 1. The lowest BCUT2D eigenvalue weighted by molar-refractivity contribution is -0.126. The van der Waals surface area contributed by atoms with Gasteiger partial charge < -0.3 is 10.6 Å². The van der Waals surface area contributed by atoms with Crippen molar-refractivity contribution in [1.82, 2.24) is 15.1 Å². The predicted molar refractivity (Wildman–Crippen MR) is 82.1 cm³/mol. The van der Waals surface area contributed by atoms with E-state index in [1.165, 1.54) is 0 Å². The van der Waals surface area contributed by atoms with Gasteiger partial charge in [0.15, 0.2) is 0 Å². The van der Waals surface area contributed by atoms with Gasteiger partial charge in [-0.3, -0.25) is 9.48 Å². The maximum Gasteiger partial charge on any atom is 0.252 e. The second kappa shape index (κ2) is 5.69. The molecule has 1 aliphatic heterocycles. The lowest BCUT2D eigenvalue weighted by atomic mass is 9.87. The van der Waals surface area contributed by atoms with Crippen LogP contribution in [0.5, 0.6) is 0 Å². The summed E-state index contributed by atoms with van der Waals surface area (Å²) in [6.45, 7) is 3.64. The molecule has 5 heteroatoms. The molecule has 1 aromatic heterocycles. The molecule has 0 bridgehead atoms. The van der Waals surface area contributed by atoms with E-state index in [-0.39, 0.29) is 5.91 Å². The van der Waals surface area contributed by atoms with E-state index in [1.54, 1.807) is 10.9 Å². The van der Waals surface area contributed by atoms with Crippen molar-refractivity contribution in [3.63, 3.8) is 0 Å². The van der Waals surface area contributed by atoms with Crippen molar-refractivity contribution in [3.05, 3.63) is 48.3 Å². The number of rotatable bonds is 3. The Bertz CT molecular complexity index is 615. The number of hydrogen-bond acceptors (Lipinski definition) is 3. The number of anilines is 1. The van der Waals surface area contributed by atoms with E-state index < -0.39 is 5.54 Å². The molecular formula is C16H20N4O. The molecule has 21 heavy (non-hydrogen) atoms. The Morgan fingerprint density at radius 2 is 2.05 bits per heavy atom. The first-order chi connectivity index (χ1) is 10.2. The molecule has 1 saturated heterocycles. The third-order valence-electron chi connectivity index (χ3n) is 4.19. The summed E-state index contributed by atoms with van der Waals surface area (Å²) in [5.74, 6) is 0.0157. The molecule has 0 saturated carbocycles. The largest absolute Gasteiger partial charge is 0.324 e. The van der Waals surface area contributed by atoms with Gasteiger partial charge in [-0.15, -0.1) is 0 Å². The second-order valence-electron chi connectivity index (χ2n) is 5.50. The molecule has 5 nitrogen and oxygen atoms in total. The fraction of sp³-hybridized carbons (Fsp3) is 0.375. The van der Waals surface area contributed by atoms with Gasteiger partial charge in [-0.05, 0) is 50.6 Å². The van der Waals surface area contributed by atoms with Crippen LogP contribution in [0.1, 0.15) is 18.4 Å². The predicted octanol–water partition coefficient (Wildman–Crippen LogP) is 1.91. The standard InChI is InChI=1S/C16H20N4O/c1-13-5-2-3-6-14(13)19-15(21)16(7-10-17-11-8-16)20-12-4-9-18-20/h2-6,9,12,17H,7-8,10-11H2,1H3,(H,19,21). The Morgan fingerprint density at radius 3 is 2.71 bits per heavy atom. The summed E-state index contributed by atoms with van der Waals surface area (Å²) >= 11 is 0. The fourth-order valence-electron chi connectivity index (χ4n) is 2.87. The minimum atomic E-state index is -0.600. The number of hydrogen-bond donors (Lipinski definition) is 2. The van der Waals surface area contributed by atoms with E-state index in [2.05, 4.69) is 15.7 Å². The number of aryl methyl sites for hydroxylation is 1. The Hall–Kier alpha value is -2.14. The minimum absolute atomic E-state index is 0.0157. The van der Waals surface area contributed by atoms with Crippen LogP contribution >= 0.6 is 0 Å². The summed E-state index contributed by atoms with van der Waals surface area (Å²) in [4.78, 5) is 12.9. The van der Waals surface area contributed by atoms with Crippen LogP contribution in [0.3, 0.4) is 0 Å². The number of piperidine rings is 1. The Balaban J connectivity index is 1.90. The average Bonchev–Trinajstić information content (AvgIpc) is 3.05. The third kappa shape index (κ3) is 2.56. The number of aromatic nitrogens is 2. The van der Waals surface area contributed by atoms with Crippen LogP contribution in [-0.4, -0.2) is 28.8 Å². The molecule has 0 aliphatic carbocycles. The topological polar surface area (TPSA) is 59.0 Å². The van der Waals surface area contributed by atoms with Gasteiger partial charge in [0.25, 0.3) is 5.91 Å². The first-order valence-electron chi connectivity index (χ1n) is 7.30. The minimum Gasteiger partial charge on any atom is -0.324 e. The number of amides is 1. The first kappa shape index (κ1) is 13.8. The van der Waals surface area contributed by atoms with Gasteiger partial charge in [-0.1, -0.05) is 18.2 Å². The van der Waals surface area contributed by atoms with E-state index in [4.69, 9.17) is 0 Å². The molecule has 1 fully saturated rings. The highest BCUT2D eigenvalue weighted by atomic mass is 16.2. The van der Waals surface area contributed by atoms with Gasteiger partial charge in [0.05, 0.1) is 0 Å². The normalized spacial score (nSPS) is 17.4. The number of nitrogens with zero attached hydrogens (tertiary/aromatic N) is 2. The van der Waals surface area contributed by atoms with E-state index in [0.29, 0.717) is 0 Å². The van der Waals surface area contributed by atoms with Crippen LogP contribution in [0.4, 0.5) is 5.69 Å². The summed E-state index contributed by atoms with van der Waals surface area (Å²) in [5, 5.41) is 10.7. The summed E-state index contributed by atoms with van der Waals surface area (Å²) in [7, 11) is 0. The molecule has 2 aromatic rings. The molecular weight excluding hydrogens is 264 g/mol. The van der Waals surface area contributed by atoms with Crippen LogP contribution in [0.15, 0.2) is 42.7 Å². The van der Waals surface area contributed by atoms with Gasteiger partial charge in [0.1, 0.15) is 5.54 Å². The molecule has 0 unspecified atom stereocenters. The van der Waals surface area contributed by atoms with Crippen molar-refractivity contribution in [2.75, 3.05) is 18.4 Å². The second-order valence-corrected chi connectivity index (χ2v) is 5.50. The monoisotopic (exact) mass is 284 g/mol. The number of nitrogens with one attached hydrogen (secondary N) is 2. The maximum atomic E-state index is 12.9. The molecule has 0 radical (unpaired) electrons. The van der Waals surface area contributed by atoms with Gasteiger partial charge in [0, 0.05) is 18.1 Å². The van der Waals surface area contributed by atoms with Crippen LogP contribution in [0.2, 0.25) is 0 Å². The molecule has 0 spiro atoms. The number of carbonyl (C=O) groups is 1. The lowest BCUT2D eigenvalue weighted by Gasteiger charge is -2.36. The van der Waals surface area contributed by atoms with E-state index in [1.807, 2.05) is 43.5 Å².